The summed E-state index contributed by atoms with van der Waals surface area (Å²) in [5.41, 5.74) is 5.35. The summed E-state index contributed by atoms with van der Waals surface area (Å²) in [4.78, 5) is 36.4. The van der Waals surface area contributed by atoms with Gasteiger partial charge < -0.3 is 24.7 Å². The number of hydrogen-bond acceptors (Lipinski definition) is 8. The number of ether oxygens (including phenoxy) is 1. The third kappa shape index (κ3) is 4.76. The lowest BCUT2D eigenvalue weighted by Crippen LogP contribution is -2.17. The summed E-state index contributed by atoms with van der Waals surface area (Å²) in [6.45, 7) is 2.20. The maximum Gasteiger partial charge on any atom is 0.353 e. The van der Waals surface area contributed by atoms with Crippen LogP contribution in [0.4, 0.5) is 5.95 Å². The Labute approximate surface area is 130 Å². The van der Waals surface area contributed by atoms with E-state index in [2.05, 4.69) is 19.5 Å². The molecule has 0 saturated carbocycles. The summed E-state index contributed by atoms with van der Waals surface area (Å²) in [6.07, 6.45) is 1.39. The first-order valence-corrected chi connectivity index (χ1v) is 8.59. The van der Waals surface area contributed by atoms with E-state index in [4.69, 9.17) is 15.3 Å². The molecule has 2 aromatic heterocycles. The molecular weight excluding hydrogens is 329 g/mol. The quantitative estimate of drug-likeness (QED) is 0.410. The highest BCUT2D eigenvalue weighted by molar-refractivity contribution is 7.52. The van der Waals surface area contributed by atoms with E-state index in [0.717, 1.165) is 0 Å². The van der Waals surface area contributed by atoms with E-state index in [1.807, 2.05) is 0 Å². The molecule has 4 N–H and O–H groups in total. The maximum absolute atomic E-state index is 11.6. The van der Waals surface area contributed by atoms with Gasteiger partial charge in [0.1, 0.15) is 19.3 Å². The molecule has 128 valence electrons. The van der Waals surface area contributed by atoms with Crippen LogP contribution in [-0.2, 0) is 13.8 Å². The topological polar surface area (TPSA) is 155 Å². The van der Waals surface area contributed by atoms with Crippen molar-refractivity contribution < 1.29 is 23.6 Å². The van der Waals surface area contributed by atoms with Gasteiger partial charge in [-0.1, -0.05) is 0 Å². The molecule has 2 aromatic rings. The number of imidazole rings is 1. The molecule has 0 aliphatic carbocycles. The van der Waals surface area contributed by atoms with Crippen LogP contribution in [0.15, 0.2) is 11.1 Å². The molecule has 0 spiro atoms. The molecule has 0 saturated heterocycles. The molecule has 0 fully saturated rings. The van der Waals surface area contributed by atoms with Crippen LogP contribution in [0.3, 0.4) is 0 Å². The van der Waals surface area contributed by atoms with Gasteiger partial charge in [-0.3, -0.25) is 14.3 Å². The van der Waals surface area contributed by atoms with Gasteiger partial charge in [0.2, 0.25) is 11.6 Å². The van der Waals surface area contributed by atoms with Gasteiger partial charge in [-0.2, -0.15) is 9.71 Å². The molecule has 2 heterocycles. The number of nitrogens with zero attached hydrogens (tertiary/aromatic N) is 3. The van der Waals surface area contributed by atoms with Crippen molar-refractivity contribution in [1.29, 1.82) is 0 Å². The number of fused-ring (bicyclic) bond motifs is 1. The van der Waals surface area contributed by atoms with Crippen molar-refractivity contribution in [3.8, 4) is 0 Å². The van der Waals surface area contributed by atoms with Crippen molar-refractivity contribution in [3.63, 3.8) is 0 Å². The largest absolute Gasteiger partial charge is 0.411 e. The second-order valence-corrected chi connectivity index (χ2v) is 6.26. The highest BCUT2D eigenvalue weighted by Gasteiger charge is 2.18. The molecule has 0 bridgehead atoms. The van der Waals surface area contributed by atoms with E-state index >= 15 is 0 Å². The molecule has 0 aliphatic rings. The highest BCUT2D eigenvalue weighted by Crippen LogP contribution is 2.41. The lowest BCUT2D eigenvalue weighted by atomic mass is 10.5. The third-order valence-electron chi connectivity index (χ3n) is 2.64. The zero-order valence-electron chi connectivity index (χ0n) is 12.5. The van der Waals surface area contributed by atoms with Crippen molar-refractivity contribution in [3.05, 3.63) is 16.7 Å². The van der Waals surface area contributed by atoms with Gasteiger partial charge in [0.25, 0.3) is 5.56 Å². The van der Waals surface area contributed by atoms with Crippen molar-refractivity contribution >= 4 is 24.7 Å². The number of H-pyrrole nitrogens is 1. The van der Waals surface area contributed by atoms with Crippen molar-refractivity contribution in [1.82, 2.24) is 19.7 Å². The average Bonchev–Trinajstić information content (AvgIpc) is 2.86. The first kappa shape index (κ1) is 17.4. The average molecular weight is 347 g/mol. The van der Waals surface area contributed by atoms with Gasteiger partial charge in [-0.05, 0) is 6.92 Å². The number of hydrogen-bond donors (Lipinski definition) is 3. The molecular formula is C11H18N5O6P. The second kappa shape index (κ2) is 7.55. The SMILES string of the molecule is CCOP(=O)(O)COCCCOn1cnc2c(=O)[nH]c(N)nc21. The monoisotopic (exact) mass is 347 g/mol. The zero-order chi connectivity index (χ0) is 16.9. The maximum atomic E-state index is 11.6. The Balaban J connectivity index is 1.79. The lowest BCUT2D eigenvalue weighted by molar-refractivity contribution is 0.0826. The molecule has 11 nitrogen and oxygen atoms in total. The standard InChI is InChI=1S/C11H18N5O6P/c1-2-22-23(18,19)7-20-4-3-5-21-16-6-13-8-9(16)14-11(12)15-10(8)17/h6H,2-5,7H2,1H3,(H,18,19)(H3,12,14,15,17). The third-order valence-corrected chi connectivity index (χ3v) is 3.81. The number of nitrogens with one attached hydrogen (secondary N) is 1. The first-order valence-electron chi connectivity index (χ1n) is 6.83. The summed E-state index contributed by atoms with van der Waals surface area (Å²) < 4.78 is 22.3. The minimum atomic E-state index is -3.67. The fourth-order valence-electron chi connectivity index (χ4n) is 1.74. The smallest absolute Gasteiger partial charge is 0.353 e. The normalized spacial score (nSPS) is 14.0. The summed E-state index contributed by atoms with van der Waals surface area (Å²) in [5, 5.41) is 0. The molecule has 23 heavy (non-hydrogen) atoms. The molecule has 0 amide bonds. The van der Waals surface area contributed by atoms with E-state index in [1.54, 1.807) is 6.92 Å². The minimum absolute atomic E-state index is 0.0363. The predicted molar refractivity (Wildman–Crippen MR) is 80.9 cm³/mol. The number of anilines is 1. The Bertz CT molecular complexity index is 759. The molecule has 12 heteroatoms. The first-order chi connectivity index (χ1) is 10.9. The Kier molecular flexibility index (Phi) is 5.72. The fraction of sp³-hybridized carbons (Fsp3) is 0.545. The summed E-state index contributed by atoms with van der Waals surface area (Å²) in [5.74, 6) is -0.0363. The fourth-order valence-corrected chi connectivity index (χ4v) is 2.58. The Hall–Kier alpha value is -1.94. The minimum Gasteiger partial charge on any atom is -0.411 e. The van der Waals surface area contributed by atoms with Gasteiger partial charge in [0, 0.05) is 6.42 Å². The van der Waals surface area contributed by atoms with Crippen LogP contribution < -0.4 is 16.1 Å². The molecule has 0 aliphatic heterocycles. The predicted octanol–water partition coefficient (Wildman–Crippen LogP) is -0.283. The summed E-state index contributed by atoms with van der Waals surface area (Å²) in [6, 6.07) is 0. The van der Waals surface area contributed by atoms with E-state index in [1.165, 1.54) is 11.1 Å². The van der Waals surface area contributed by atoms with Crippen LogP contribution in [-0.4, -0.2) is 50.7 Å². The van der Waals surface area contributed by atoms with Crippen molar-refractivity contribution in [2.75, 3.05) is 31.9 Å². The molecule has 1 unspecified atom stereocenters. The van der Waals surface area contributed by atoms with Gasteiger partial charge in [-0.25, -0.2) is 4.98 Å². The molecule has 2 rings (SSSR count). The Morgan fingerprint density at radius 1 is 1.48 bits per heavy atom. The number of aromatic nitrogens is 4. The number of nitrogen functional groups attached to an aromatic ring is 1. The van der Waals surface area contributed by atoms with E-state index in [0.29, 0.717) is 6.42 Å². The second-order valence-electron chi connectivity index (χ2n) is 4.47. The number of nitrogens with two attached hydrogens (primary N) is 1. The van der Waals surface area contributed by atoms with Crippen molar-refractivity contribution in [2.45, 2.75) is 13.3 Å². The van der Waals surface area contributed by atoms with Gasteiger partial charge in [0.05, 0.1) is 13.2 Å². The van der Waals surface area contributed by atoms with Crippen LogP contribution in [0, 0.1) is 0 Å². The van der Waals surface area contributed by atoms with Crippen LogP contribution >= 0.6 is 7.60 Å². The van der Waals surface area contributed by atoms with Gasteiger partial charge in [-0.15, -0.1) is 0 Å². The van der Waals surface area contributed by atoms with E-state index in [9.17, 15) is 14.3 Å². The van der Waals surface area contributed by atoms with Gasteiger partial charge in [0.15, 0.2) is 5.52 Å². The molecule has 1 atom stereocenters. The lowest BCUT2D eigenvalue weighted by Gasteiger charge is -2.11. The van der Waals surface area contributed by atoms with E-state index in [-0.39, 0.29) is 43.3 Å². The van der Waals surface area contributed by atoms with Crippen molar-refractivity contribution in [2.24, 2.45) is 0 Å². The zero-order valence-corrected chi connectivity index (χ0v) is 13.4. The molecule has 0 aromatic carbocycles. The number of rotatable bonds is 9. The summed E-state index contributed by atoms with van der Waals surface area (Å²) in [7, 11) is -3.67. The van der Waals surface area contributed by atoms with E-state index < -0.39 is 13.2 Å². The Morgan fingerprint density at radius 2 is 2.26 bits per heavy atom. The highest BCUT2D eigenvalue weighted by atomic mass is 31.2. The summed E-state index contributed by atoms with van der Waals surface area (Å²) >= 11 is 0. The van der Waals surface area contributed by atoms with Crippen LogP contribution in [0.25, 0.3) is 11.2 Å². The van der Waals surface area contributed by atoms with Crippen LogP contribution in [0.5, 0.6) is 0 Å². The van der Waals surface area contributed by atoms with Crippen LogP contribution in [0.1, 0.15) is 13.3 Å². The number of aromatic amines is 1. The van der Waals surface area contributed by atoms with Gasteiger partial charge >= 0.3 is 7.60 Å². The van der Waals surface area contributed by atoms with Crippen LogP contribution in [0.2, 0.25) is 0 Å². The molecule has 0 radical (unpaired) electrons. The Morgan fingerprint density at radius 3 is 3.00 bits per heavy atom.